The summed E-state index contributed by atoms with van der Waals surface area (Å²) in [7, 11) is 0. The van der Waals surface area contributed by atoms with Gasteiger partial charge in [-0.15, -0.1) is 0 Å². The van der Waals surface area contributed by atoms with Crippen LogP contribution in [0, 0.1) is 5.82 Å². The molecule has 0 bridgehead atoms. The van der Waals surface area contributed by atoms with Crippen molar-refractivity contribution in [2.75, 3.05) is 5.32 Å². The number of hydrogen-bond donors (Lipinski definition) is 2. The zero-order valence-electron chi connectivity index (χ0n) is 8.80. The van der Waals surface area contributed by atoms with Gasteiger partial charge in [-0.3, -0.25) is 0 Å². The standard InChI is InChI=1S/C10H15ClFN3/c1-6(13)3-7(2)15-10-9(12)4-8(11)5-14-10/h4-7H,3,13H2,1-2H3,(H,14,15). The van der Waals surface area contributed by atoms with E-state index in [1.807, 2.05) is 13.8 Å². The van der Waals surface area contributed by atoms with Crippen molar-refractivity contribution in [1.82, 2.24) is 4.98 Å². The fraction of sp³-hybridized carbons (Fsp3) is 0.500. The van der Waals surface area contributed by atoms with Crippen molar-refractivity contribution in [2.45, 2.75) is 32.4 Å². The SMILES string of the molecule is CC(N)CC(C)Nc1ncc(Cl)cc1F. The Balaban J connectivity index is 2.64. The van der Waals surface area contributed by atoms with Crippen molar-refractivity contribution in [3.8, 4) is 0 Å². The predicted octanol–water partition coefficient (Wildman–Crippen LogP) is 2.41. The molecule has 0 aromatic carbocycles. The van der Waals surface area contributed by atoms with Gasteiger partial charge < -0.3 is 11.1 Å². The van der Waals surface area contributed by atoms with Gasteiger partial charge in [0.1, 0.15) is 0 Å². The van der Waals surface area contributed by atoms with E-state index in [-0.39, 0.29) is 22.9 Å². The van der Waals surface area contributed by atoms with Crippen LogP contribution in [0.1, 0.15) is 20.3 Å². The number of anilines is 1. The molecular formula is C10H15ClFN3. The molecule has 0 saturated carbocycles. The second-order valence-electron chi connectivity index (χ2n) is 3.74. The van der Waals surface area contributed by atoms with Gasteiger partial charge in [-0.1, -0.05) is 11.6 Å². The van der Waals surface area contributed by atoms with Crippen LogP contribution in [0.4, 0.5) is 10.2 Å². The second-order valence-corrected chi connectivity index (χ2v) is 4.18. The molecule has 0 radical (unpaired) electrons. The van der Waals surface area contributed by atoms with E-state index >= 15 is 0 Å². The summed E-state index contributed by atoms with van der Waals surface area (Å²) < 4.78 is 13.3. The average Bonchev–Trinajstić information content (AvgIpc) is 2.08. The van der Waals surface area contributed by atoms with Crippen LogP contribution in [0.2, 0.25) is 5.02 Å². The fourth-order valence-electron chi connectivity index (χ4n) is 1.37. The first-order valence-corrected chi connectivity index (χ1v) is 5.20. The van der Waals surface area contributed by atoms with Gasteiger partial charge in [0.15, 0.2) is 11.6 Å². The molecule has 0 amide bonds. The lowest BCUT2D eigenvalue weighted by molar-refractivity contribution is 0.587. The molecule has 1 aromatic heterocycles. The van der Waals surface area contributed by atoms with Gasteiger partial charge in [-0.25, -0.2) is 9.37 Å². The Bertz CT molecular complexity index is 330. The van der Waals surface area contributed by atoms with Crippen LogP contribution in [0.15, 0.2) is 12.3 Å². The largest absolute Gasteiger partial charge is 0.365 e. The molecule has 0 aliphatic heterocycles. The highest BCUT2D eigenvalue weighted by Gasteiger charge is 2.09. The minimum Gasteiger partial charge on any atom is -0.365 e. The fourth-order valence-corrected chi connectivity index (χ4v) is 1.52. The van der Waals surface area contributed by atoms with E-state index < -0.39 is 5.82 Å². The van der Waals surface area contributed by atoms with Crippen molar-refractivity contribution >= 4 is 17.4 Å². The number of rotatable bonds is 4. The van der Waals surface area contributed by atoms with Crippen LogP contribution in [0.5, 0.6) is 0 Å². The third-order valence-electron chi connectivity index (χ3n) is 1.92. The Hall–Kier alpha value is -0.870. The third-order valence-corrected chi connectivity index (χ3v) is 2.12. The topological polar surface area (TPSA) is 50.9 Å². The lowest BCUT2D eigenvalue weighted by Gasteiger charge is -2.16. The first-order valence-electron chi connectivity index (χ1n) is 4.82. The van der Waals surface area contributed by atoms with Crippen molar-refractivity contribution in [1.29, 1.82) is 0 Å². The first kappa shape index (κ1) is 12.2. The number of nitrogens with one attached hydrogen (secondary N) is 1. The maximum absolute atomic E-state index is 13.3. The van der Waals surface area contributed by atoms with E-state index in [9.17, 15) is 4.39 Å². The molecule has 3 nitrogen and oxygen atoms in total. The molecule has 1 rings (SSSR count). The molecular weight excluding hydrogens is 217 g/mol. The monoisotopic (exact) mass is 231 g/mol. The molecule has 1 aromatic rings. The van der Waals surface area contributed by atoms with Crippen molar-refractivity contribution in [3.63, 3.8) is 0 Å². The summed E-state index contributed by atoms with van der Waals surface area (Å²) in [6.45, 7) is 3.84. The molecule has 0 saturated heterocycles. The third kappa shape index (κ3) is 4.01. The Morgan fingerprint density at radius 3 is 2.80 bits per heavy atom. The van der Waals surface area contributed by atoms with E-state index in [2.05, 4.69) is 10.3 Å². The molecule has 84 valence electrons. The number of hydrogen-bond acceptors (Lipinski definition) is 3. The average molecular weight is 232 g/mol. The minimum atomic E-state index is -0.445. The molecule has 2 unspecified atom stereocenters. The van der Waals surface area contributed by atoms with Gasteiger partial charge in [0.25, 0.3) is 0 Å². The van der Waals surface area contributed by atoms with Gasteiger partial charge >= 0.3 is 0 Å². The molecule has 2 atom stereocenters. The Kier molecular flexibility index (Phi) is 4.29. The van der Waals surface area contributed by atoms with Gasteiger partial charge in [0.2, 0.25) is 0 Å². The highest BCUT2D eigenvalue weighted by molar-refractivity contribution is 6.30. The summed E-state index contributed by atoms with van der Waals surface area (Å²) in [5.41, 5.74) is 5.63. The predicted molar refractivity (Wildman–Crippen MR) is 60.6 cm³/mol. The van der Waals surface area contributed by atoms with E-state index in [4.69, 9.17) is 17.3 Å². The lowest BCUT2D eigenvalue weighted by atomic mass is 10.1. The summed E-state index contributed by atoms with van der Waals surface area (Å²) >= 11 is 5.59. The normalized spacial score (nSPS) is 14.7. The summed E-state index contributed by atoms with van der Waals surface area (Å²) in [6.07, 6.45) is 2.16. The minimum absolute atomic E-state index is 0.0721. The van der Waals surface area contributed by atoms with Crippen LogP contribution in [0.25, 0.3) is 0 Å². The molecule has 15 heavy (non-hydrogen) atoms. The Morgan fingerprint density at radius 2 is 2.27 bits per heavy atom. The number of nitrogens with zero attached hydrogens (tertiary/aromatic N) is 1. The van der Waals surface area contributed by atoms with Gasteiger partial charge in [0.05, 0.1) is 5.02 Å². The van der Waals surface area contributed by atoms with Gasteiger partial charge in [-0.05, 0) is 26.3 Å². The van der Waals surface area contributed by atoms with Crippen molar-refractivity contribution in [3.05, 3.63) is 23.1 Å². The summed E-state index contributed by atoms with van der Waals surface area (Å²) in [5.74, 6) is -0.230. The zero-order valence-corrected chi connectivity index (χ0v) is 9.55. The highest BCUT2D eigenvalue weighted by atomic mass is 35.5. The molecule has 0 aliphatic carbocycles. The number of aromatic nitrogens is 1. The van der Waals surface area contributed by atoms with E-state index in [0.717, 1.165) is 6.42 Å². The maximum Gasteiger partial charge on any atom is 0.166 e. The number of halogens is 2. The quantitative estimate of drug-likeness (QED) is 0.837. The van der Waals surface area contributed by atoms with Crippen LogP contribution in [-0.2, 0) is 0 Å². The first-order chi connectivity index (χ1) is 6.99. The number of pyridine rings is 1. The maximum atomic E-state index is 13.3. The Labute approximate surface area is 93.8 Å². The van der Waals surface area contributed by atoms with Crippen LogP contribution in [0.3, 0.4) is 0 Å². The second kappa shape index (κ2) is 5.28. The van der Waals surface area contributed by atoms with Crippen molar-refractivity contribution < 1.29 is 4.39 Å². The molecule has 0 spiro atoms. The number of nitrogens with two attached hydrogens (primary N) is 1. The van der Waals surface area contributed by atoms with Crippen LogP contribution in [-0.4, -0.2) is 17.1 Å². The molecule has 0 fully saturated rings. The molecule has 5 heteroatoms. The zero-order chi connectivity index (χ0) is 11.4. The van der Waals surface area contributed by atoms with Crippen LogP contribution >= 0.6 is 11.6 Å². The van der Waals surface area contributed by atoms with E-state index in [1.165, 1.54) is 12.3 Å². The summed E-state index contributed by atoms with van der Waals surface area (Å²) in [6, 6.07) is 1.38. The summed E-state index contributed by atoms with van der Waals surface area (Å²) in [5, 5.41) is 3.23. The molecule has 0 aliphatic rings. The highest BCUT2D eigenvalue weighted by Crippen LogP contribution is 2.16. The van der Waals surface area contributed by atoms with E-state index in [0.29, 0.717) is 0 Å². The van der Waals surface area contributed by atoms with Gasteiger partial charge in [0, 0.05) is 18.3 Å². The Morgan fingerprint density at radius 1 is 1.60 bits per heavy atom. The lowest BCUT2D eigenvalue weighted by Crippen LogP contribution is -2.26. The van der Waals surface area contributed by atoms with Crippen LogP contribution < -0.4 is 11.1 Å². The molecule has 3 N–H and O–H groups in total. The van der Waals surface area contributed by atoms with Gasteiger partial charge in [-0.2, -0.15) is 0 Å². The summed E-state index contributed by atoms with van der Waals surface area (Å²) in [4.78, 5) is 3.87. The van der Waals surface area contributed by atoms with Crippen molar-refractivity contribution in [2.24, 2.45) is 5.73 Å². The smallest absolute Gasteiger partial charge is 0.166 e. The van der Waals surface area contributed by atoms with E-state index in [1.54, 1.807) is 0 Å². The molecule has 1 heterocycles.